The number of rotatable bonds is 4. The van der Waals surface area contributed by atoms with E-state index in [-0.39, 0.29) is 0 Å². The summed E-state index contributed by atoms with van der Waals surface area (Å²) >= 11 is 1.75. The van der Waals surface area contributed by atoms with Crippen molar-refractivity contribution in [3.63, 3.8) is 0 Å². The van der Waals surface area contributed by atoms with Gasteiger partial charge in [-0.25, -0.2) is 4.79 Å². The number of ether oxygens (including phenoxy) is 1. The summed E-state index contributed by atoms with van der Waals surface area (Å²) in [7, 11) is -5.01. The van der Waals surface area contributed by atoms with Crippen molar-refractivity contribution in [3.05, 3.63) is 27.3 Å². The Balaban J connectivity index is 3.03. The molecule has 1 aromatic rings. The van der Waals surface area contributed by atoms with Gasteiger partial charge in [-0.2, -0.15) is 21.6 Å². The van der Waals surface area contributed by atoms with Gasteiger partial charge in [0.25, 0.3) is 10.1 Å². The van der Waals surface area contributed by atoms with E-state index >= 15 is 0 Å². The molecule has 1 rings (SSSR count). The van der Waals surface area contributed by atoms with Crippen molar-refractivity contribution in [2.24, 2.45) is 0 Å². The second-order valence-electron chi connectivity index (χ2n) is 3.85. The fourth-order valence-corrected chi connectivity index (χ4v) is 2.38. The van der Waals surface area contributed by atoms with Gasteiger partial charge in [0, 0.05) is 3.57 Å². The third kappa shape index (κ3) is 5.67. The number of benzene rings is 1. The van der Waals surface area contributed by atoms with E-state index in [4.69, 9.17) is 4.55 Å². The molecule has 0 aromatic heterocycles. The molecule has 0 aliphatic heterocycles. The van der Waals surface area contributed by atoms with E-state index in [1.54, 1.807) is 22.6 Å². The number of aromatic hydroxyl groups is 1. The van der Waals surface area contributed by atoms with Gasteiger partial charge in [0.1, 0.15) is 17.1 Å². The summed E-state index contributed by atoms with van der Waals surface area (Å²) in [6.07, 6.45) is -8.24. The molecule has 0 saturated heterocycles. The molecule has 2 N–H and O–H groups in total. The van der Waals surface area contributed by atoms with Gasteiger partial charge in [0.05, 0.1) is 0 Å². The molecular weight excluding hydrogens is 432 g/mol. The average Bonchev–Trinajstić information content (AvgIpc) is 2.28. The second-order valence-corrected chi connectivity index (χ2v) is 6.59. The molecule has 0 fully saturated rings. The standard InChI is InChI=1S/C10H8F3IO6S/c11-10(12,13)8(4-21(17,18)19)20-9(16)6-3-5(14)1-2-7(6)15/h1-3,8,15H,4H2,(H,17,18,19). The van der Waals surface area contributed by atoms with Crippen LogP contribution in [0.25, 0.3) is 0 Å². The molecule has 1 unspecified atom stereocenters. The predicted molar refractivity (Wildman–Crippen MR) is 72.5 cm³/mol. The van der Waals surface area contributed by atoms with Crippen LogP contribution >= 0.6 is 22.6 Å². The number of alkyl halides is 3. The maximum absolute atomic E-state index is 12.6. The molecule has 21 heavy (non-hydrogen) atoms. The van der Waals surface area contributed by atoms with E-state index in [9.17, 15) is 31.5 Å². The Morgan fingerprint density at radius 2 is 1.95 bits per heavy atom. The van der Waals surface area contributed by atoms with Crippen LogP contribution < -0.4 is 0 Å². The van der Waals surface area contributed by atoms with E-state index in [0.717, 1.165) is 12.1 Å². The zero-order valence-corrected chi connectivity index (χ0v) is 12.9. The molecule has 0 heterocycles. The van der Waals surface area contributed by atoms with E-state index in [0.29, 0.717) is 3.57 Å². The monoisotopic (exact) mass is 440 g/mol. The van der Waals surface area contributed by atoms with Crippen LogP contribution in [0.4, 0.5) is 13.2 Å². The molecule has 0 spiro atoms. The lowest BCUT2D eigenvalue weighted by Gasteiger charge is -2.19. The minimum atomic E-state index is -5.19. The van der Waals surface area contributed by atoms with Crippen molar-refractivity contribution < 1.29 is 40.8 Å². The molecule has 1 aromatic carbocycles. The topological polar surface area (TPSA) is 101 Å². The van der Waals surface area contributed by atoms with E-state index in [1.807, 2.05) is 0 Å². The number of carbonyl (C=O) groups is 1. The molecule has 1 atom stereocenters. The highest BCUT2D eigenvalue weighted by atomic mass is 127. The normalized spacial score (nSPS) is 13.8. The van der Waals surface area contributed by atoms with Crippen molar-refractivity contribution in [2.45, 2.75) is 12.3 Å². The maximum Gasteiger partial charge on any atom is 0.426 e. The van der Waals surface area contributed by atoms with Gasteiger partial charge in [-0.3, -0.25) is 4.55 Å². The summed E-state index contributed by atoms with van der Waals surface area (Å²) in [5.41, 5.74) is -0.550. The van der Waals surface area contributed by atoms with Gasteiger partial charge >= 0.3 is 12.1 Å². The predicted octanol–water partition coefficient (Wildman–Crippen LogP) is 1.97. The summed E-state index contributed by atoms with van der Waals surface area (Å²) in [5.74, 6) is -4.00. The van der Waals surface area contributed by atoms with Gasteiger partial charge in [0.2, 0.25) is 6.10 Å². The number of carbonyl (C=O) groups excluding carboxylic acids is 1. The summed E-state index contributed by atoms with van der Waals surface area (Å²) in [6.45, 7) is 0. The smallest absolute Gasteiger partial charge is 0.426 e. The Hall–Kier alpha value is -1.08. The molecule has 6 nitrogen and oxygen atoms in total. The zero-order valence-electron chi connectivity index (χ0n) is 9.96. The van der Waals surface area contributed by atoms with Gasteiger partial charge in [-0.1, -0.05) is 0 Å². The highest BCUT2D eigenvalue weighted by Gasteiger charge is 2.45. The fraction of sp³-hybridized carbons (Fsp3) is 0.300. The van der Waals surface area contributed by atoms with Crippen LogP contribution in [0, 0.1) is 3.57 Å². The van der Waals surface area contributed by atoms with Crippen molar-refractivity contribution in [3.8, 4) is 5.75 Å². The first kappa shape index (κ1) is 18.0. The van der Waals surface area contributed by atoms with Crippen LogP contribution in [0.2, 0.25) is 0 Å². The van der Waals surface area contributed by atoms with Crippen LogP contribution in [0.15, 0.2) is 18.2 Å². The quantitative estimate of drug-likeness (QED) is 0.422. The number of esters is 1. The Bertz CT molecular complexity index is 643. The first-order chi connectivity index (χ1) is 9.40. The number of hydrogen-bond donors (Lipinski definition) is 2. The van der Waals surface area contributed by atoms with Gasteiger partial charge in [-0.15, -0.1) is 0 Å². The lowest BCUT2D eigenvalue weighted by molar-refractivity contribution is -0.197. The lowest BCUT2D eigenvalue weighted by atomic mass is 10.2. The third-order valence-electron chi connectivity index (χ3n) is 2.15. The van der Waals surface area contributed by atoms with Crippen LogP contribution in [0.1, 0.15) is 10.4 Å². The zero-order chi connectivity index (χ0) is 16.4. The highest BCUT2D eigenvalue weighted by Crippen LogP contribution is 2.27. The molecule has 0 saturated carbocycles. The molecule has 0 radical (unpaired) electrons. The van der Waals surface area contributed by atoms with Crippen LogP contribution in [-0.2, 0) is 14.9 Å². The molecule has 0 bridgehead atoms. The Morgan fingerprint density at radius 1 is 1.38 bits per heavy atom. The molecule has 0 aliphatic carbocycles. The van der Waals surface area contributed by atoms with Crippen LogP contribution in [0.5, 0.6) is 5.75 Å². The molecule has 118 valence electrons. The van der Waals surface area contributed by atoms with Crippen molar-refractivity contribution in [1.29, 1.82) is 0 Å². The van der Waals surface area contributed by atoms with Crippen molar-refractivity contribution in [2.75, 3.05) is 5.75 Å². The van der Waals surface area contributed by atoms with E-state index in [1.165, 1.54) is 6.07 Å². The van der Waals surface area contributed by atoms with Gasteiger partial charge in [0.15, 0.2) is 0 Å². The summed E-state index contributed by atoms with van der Waals surface area (Å²) in [6, 6.07) is 3.54. The van der Waals surface area contributed by atoms with Gasteiger partial charge < -0.3 is 9.84 Å². The first-order valence-electron chi connectivity index (χ1n) is 5.11. The number of hydrogen-bond acceptors (Lipinski definition) is 5. The highest BCUT2D eigenvalue weighted by molar-refractivity contribution is 14.1. The third-order valence-corrected chi connectivity index (χ3v) is 3.55. The summed E-state index contributed by atoms with van der Waals surface area (Å²) in [5, 5.41) is 9.40. The summed E-state index contributed by atoms with van der Waals surface area (Å²) < 4.78 is 71.8. The molecular formula is C10H8F3IO6S. The Kier molecular flexibility index (Phi) is 5.44. The SMILES string of the molecule is O=C(OC(CS(=O)(=O)O)C(F)(F)F)c1cc(I)ccc1O. The van der Waals surface area contributed by atoms with Crippen LogP contribution in [0.3, 0.4) is 0 Å². The average molecular weight is 440 g/mol. The van der Waals surface area contributed by atoms with Crippen molar-refractivity contribution >= 4 is 38.7 Å². The summed E-state index contributed by atoms with van der Waals surface area (Å²) in [4.78, 5) is 11.6. The second kappa shape index (κ2) is 6.36. The molecule has 0 aliphatic rings. The van der Waals surface area contributed by atoms with E-state index < -0.39 is 45.4 Å². The number of phenols is 1. The molecule has 11 heteroatoms. The van der Waals surface area contributed by atoms with E-state index in [2.05, 4.69) is 4.74 Å². The maximum atomic E-state index is 12.6. The lowest BCUT2D eigenvalue weighted by Crippen LogP contribution is -2.39. The fourth-order valence-electron chi connectivity index (χ4n) is 1.25. The van der Waals surface area contributed by atoms with Crippen LogP contribution in [-0.4, -0.2) is 42.1 Å². The minimum absolute atomic E-state index is 0.440. The Labute approximate surface area is 130 Å². The van der Waals surface area contributed by atoms with Crippen molar-refractivity contribution in [1.82, 2.24) is 0 Å². The number of halogens is 4. The molecule has 0 amide bonds. The number of phenolic OH excluding ortho intramolecular Hbond substituents is 1. The Morgan fingerprint density at radius 3 is 2.43 bits per heavy atom. The first-order valence-corrected chi connectivity index (χ1v) is 7.80. The minimum Gasteiger partial charge on any atom is -0.507 e. The largest absolute Gasteiger partial charge is 0.507 e. The van der Waals surface area contributed by atoms with Gasteiger partial charge in [-0.05, 0) is 40.8 Å².